The molecule has 7 nitrogen and oxygen atoms in total. The Morgan fingerprint density at radius 2 is 1.81 bits per heavy atom. The minimum absolute atomic E-state index is 0.00696. The normalized spacial score (nSPS) is 10.5. The number of rotatable bonds is 7. The number of amides is 1. The van der Waals surface area contributed by atoms with E-state index in [-0.39, 0.29) is 23.2 Å². The molecule has 0 radical (unpaired) electrons. The van der Waals surface area contributed by atoms with Crippen molar-refractivity contribution >= 4 is 23.4 Å². The molecule has 0 saturated heterocycles. The maximum Gasteiger partial charge on any atom is 0.234 e. The number of thioether (sulfide) groups is 1. The summed E-state index contributed by atoms with van der Waals surface area (Å²) in [6.45, 7) is 4.17. The van der Waals surface area contributed by atoms with Gasteiger partial charge in [-0.15, -0.1) is 16.8 Å². The number of carbonyl (C=O) groups excluding carboxylic acids is 1. The van der Waals surface area contributed by atoms with Crippen molar-refractivity contribution in [3.8, 4) is 22.9 Å². The second kappa shape index (κ2) is 8.41. The maximum absolute atomic E-state index is 12.2. The van der Waals surface area contributed by atoms with Crippen molar-refractivity contribution in [3.63, 3.8) is 0 Å². The third-order valence-electron chi connectivity index (χ3n) is 3.68. The first kappa shape index (κ1) is 18.5. The average molecular weight is 382 g/mol. The predicted molar refractivity (Wildman–Crippen MR) is 105 cm³/mol. The van der Waals surface area contributed by atoms with Crippen LogP contribution in [0.1, 0.15) is 0 Å². The molecule has 0 saturated carbocycles. The third-order valence-corrected chi connectivity index (χ3v) is 4.65. The van der Waals surface area contributed by atoms with Crippen LogP contribution in [0.25, 0.3) is 11.4 Å². The Kier molecular flexibility index (Phi) is 5.77. The highest BCUT2D eigenvalue weighted by Gasteiger charge is 2.17. The molecule has 0 atom stereocenters. The van der Waals surface area contributed by atoms with E-state index < -0.39 is 0 Å². The number of hydrogen-bond acceptors (Lipinski definition) is 6. The molecule has 27 heavy (non-hydrogen) atoms. The fraction of sp³-hybridized carbons (Fsp3) is 0.105. The molecule has 0 spiro atoms. The van der Waals surface area contributed by atoms with Gasteiger partial charge in [0.05, 0.1) is 17.0 Å². The summed E-state index contributed by atoms with van der Waals surface area (Å²) in [6.07, 6.45) is 1.69. The van der Waals surface area contributed by atoms with Gasteiger partial charge in [0.1, 0.15) is 11.5 Å². The molecule has 0 fully saturated rings. The van der Waals surface area contributed by atoms with Crippen LogP contribution in [0.3, 0.4) is 0 Å². The minimum atomic E-state index is -0.279. The van der Waals surface area contributed by atoms with Gasteiger partial charge in [-0.3, -0.25) is 9.36 Å². The van der Waals surface area contributed by atoms with Crippen molar-refractivity contribution in [2.45, 2.75) is 11.7 Å². The molecule has 0 aliphatic heterocycles. The van der Waals surface area contributed by atoms with Crippen molar-refractivity contribution in [1.29, 1.82) is 0 Å². The molecule has 0 aliphatic carbocycles. The van der Waals surface area contributed by atoms with E-state index in [4.69, 9.17) is 0 Å². The van der Waals surface area contributed by atoms with Crippen LogP contribution in [0.5, 0.6) is 11.5 Å². The van der Waals surface area contributed by atoms with Crippen molar-refractivity contribution in [1.82, 2.24) is 14.8 Å². The summed E-state index contributed by atoms with van der Waals surface area (Å²) in [4.78, 5) is 12.2. The molecule has 0 aliphatic rings. The first-order valence-corrected chi connectivity index (χ1v) is 9.12. The molecule has 3 rings (SSSR count). The van der Waals surface area contributed by atoms with Crippen LogP contribution in [-0.4, -0.2) is 36.6 Å². The Morgan fingerprint density at radius 1 is 1.11 bits per heavy atom. The molecule has 0 unspecified atom stereocenters. The number of anilines is 1. The highest BCUT2D eigenvalue weighted by atomic mass is 32.2. The molecule has 3 N–H and O–H groups in total. The number of nitrogens with zero attached hydrogens (tertiary/aromatic N) is 3. The Balaban J connectivity index is 1.75. The molecule has 1 heterocycles. The third kappa shape index (κ3) is 4.29. The number of hydrogen-bond donors (Lipinski definition) is 3. The zero-order valence-electron chi connectivity index (χ0n) is 14.4. The standard InChI is InChI=1S/C19H18N4O3S/c1-2-11-23-18(13-7-3-5-9-15(13)24)21-22-19(23)27-12-17(26)20-14-8-4-6-10-16(14)25/h2-10,24-25H,1,11-12H2,(H,20,26). The largest absolute Gasteiger partial charge is 0.507 e. The predicted octanol–water partition coefficient (Wildman–Crippen LogP) is 3.27. The Labute approximate surface area is 160 Å². The molecule has 8 heteroatoms. The van der Waals surface area contributed by atoms with Gasteiger partial charge < -0.3 is 15.5 Å². The SMILES string of the molecule is C=CCn1c(SCC(=O)Nc2ccccc2O)nnc1-c1ccccc1O. The molecule has 138 valence electrons. The lowest BCUT2D eigenvalue weighted by Crippen LogP contribution is -2.14. The van der Waals surface area contributed by atoms with E-state index >= 15 is 0 Å². The summed E-state index contributed by atoms with van der Waals surface area (Å²) in [5.74, 6) is 0.414. The number of aromatic nitrogens is 3. The summed E-state index contributed by atoms with van der Waals surface area (Å²) in [7, 11) is 0. The fourth-order valence-corrected chi connectivity index (χ4v) is 3.19. The molecular weight excluding hydrogens is 364 g/mol. The van der Waals surface area contributed by atoms with Gasteiger partial charge in [0.15, 0.2) is 11.0 Å². The lowest BCUT2D eigenvalue weighted by molar-refractivity contribution is -0.113. The van der Waals surface area contributed by atoms with E-state index in [1.807, 2.05) is 0 Å². The van der Waals surface area contributed by atoms with E-state index in [1.165, 1.54) is 17.8 Å². The number of benzene rings is 2. The number of phenolic OH excluding ortho intramolecular Hbond substituents is 2. The van der Waals surface area contributed by atoms with Crippen molar-refractivity contribution in [2.75, 3.05) is 11.1 Å². The summed E-state index contributed by atoms with van der Waals surface area (Å²) in [6, 6.07) is 13.4. The summed E-state index contributed by atoms with van der Waals surface area (Å²) in [5.41, 5.74) is 0.905. The molecule has 3 aromatic rings. The topological polar surface area (TPSA) is 100 Å². The van der Waals surface area contributed by atoms with Gasteiger partial charge in [0, 0.05) is 6.54 Å². The van der Waals surface area contributed by atoms with E-state index in [9.17, 15) is 15.0 Å². The Hall–Kier alpha value is -3.26. The van der Waals surface area contributed by atoms with Gasteiger partial charge in [-0.1, -0.05) is 42.1 Å². The number of phenols is 2. The van der Waals surface area contributed by atoms with Crippen LogP contribution in [0.2, 0.25) is 0 Å². The fourth-order valence-electron chi connectivity index (χ4n) is 2.45. The monoisotopic (exact) mass is 382 g/mol. The van der Waals surface area contributed by atoms with E-state index in [0.29, 0.717) is 28.8 Å². The molecule has 1 amide bonds. The van der Waals surface area contributed by atoms with Gasteiger partial charge in [-0.25, -0.2) is 0 Å². The lowest BCUT2D eigenvalue weighted by Gasteiger charge is -2.09. The van der Waals surface area contributed by atoms with Gasteiger partial charge >= 0.3 is 0 Å². The summed E-state index contributed by atoms with van der Waals surface area (Å²) in [5, 5.41) is 31.3. The number of carbonyl (C=O) groups is 1. The van der Waals surface area contributed by atoms with E-state index in [0.717, 1.165) is 0 Å². The van der Waals surface area contributed by atoms with E-state index in [2.05, 4.69) is 22.1 Å². The number of para-hydroxylation sites is 3. The number of aromatic hydroxyl groups is 2. The first-order chi connectivity index (χ1) is 13.1. The van der Waals surface area contributed by atoms with Crippen LogP contribution in [0.15, 0.2) is 66.3 Å². The molecule has 1 aromatic heterocycles. The zero-order valence-corrected chi connectivity index (χ0v) is 15.2. The van der Waals surface area contributed by atoms with Gasteiger partial charge in [-0.05, 0) is 24.3 Å². The van der Waals surface area contributed by atoms with Crippen LogP contribution in [0.4, 0.5) is 5.69 Å². The van der Waals surface area contributed by atoms with Crippen LogP contribution in [0, 0.1) is 0 Å². The second-order valence-electron chi connectivity index (χ2n) is 5.58. The zero-order chi connectivity index (χ0) is 19.2. The van der Waals surface area contributed by atoms with Gasteiger partial charge in [-0.2, -0.15) is 0 Å². The maximum atomic E-state index is 12.2. The Morgan fingerprint density at radius 3 is 2.52 bits per heavy atom. The van der Waals surface area contributed by atoms with Crippen LogP contribution < -0.4 is 5.32 Å². The van der Waals surface area contributed by atoms with Gasteiger partial charge in [0.2, 0.25) is 5.91 Å². The van der Waals surface area contributed by atoms with Gasteiger partial charge in [0.25, 0.3) is 0 Å². The smallest absolute Gasteiger partial charge is 0.234 e. The minimum Gasteiger partial charge on any atom is -0.507 e. The number of nitrogens with one attached hydrogen (secondary N) is 1. The van der Waals surface area contributed by atoms with E-state index in [1.54, 1.807) is 53.1 Å². The highest BCUT2D eigenvalue weighted by molar-refractivity contribution is 7.99. The molecule has 2 aromatic carbocycles. The average Bonchev–Trinajstić information content (AvgIpc) is 3.05. The molecular formula is C19H18N4O3S. The lowest BCUT2D eigenvalue weighted by atomic mass is 10.2. The quantitative estimate of drug-likeness (QED) is 0.329. The van der Waals surface area contributed by atoms with Crippen molar-refractivity contribution in [2.24, 2.45) is 0 Å². The summed E-state index contributed by atoms with van der Waals surface area (Å²) < 4.78 is 1.78. The highest BCUT2D eigenvalue weighted by Crippen LogP contribution is 2.30. The van der Waals surface area contributed by atoms with Crippen LogP contribution in [-0.2, 0) is 11.3 Å². The van der Waals surface area contributed by atoms with Crippen molar-refractivity contribution in [3.05, 3.63) is 61.2 Å². The van der Waals surface area contributed by atoms with Crippen LogP contribution >= 0.6 is 11.8 Å². The molecule has 0 bridgehead atoms. The number of allylic oxidation sites excluding steroid dienone is 1. The Bertz CT molecular complexity index is 971. The summed E-state index contributed by atoms with van der Waals surface area (Å²) >= 11 is 1.21. The second-order valence-corrected chi connectivity index (χ2v) is 6.52. The van der Waals surface area contributed by atoms with Crippen molar-refractivity contribution < 1.29 is 15.0 Å². The first-order valence-electron chi connectivity index (χ1n) is 8.13.